The van der Waals surface area contributed by atoms with Crippen LogP contribution in [0.15, 0.2) is 33.9 Å². The molecule has 0 saturated carbocycles. The largest absolute Gasteiger partial charge is 0.316 e. The third-order valence-electron chi connectivity index (χ3n) is 1.90. The third kappa shape index (κ3) is 2.95. The summed E-state index contributed by atoms with van der Waals surface area (Å²) in [5.41, 5.74) is -0.623. The Morgan fingerprint density at radius 1 is 0.812 bits per heavy atom. The Morgan fingerprint density at radius 3 is 1.50 bits per heavy atom. The fourth-order valence-corrected chi connectivity index (χ4v) is 1.11. The first-order valence-corrected chi connectivity index (χ1v) is 4.97. The average molecular weight is 218 g/mol. The topological polar surface area (TPSA) is 65.7 Å². The van der Waals surface area contributed by atoms with Gasteiger partial charge in [0.2, 0.25) is 0 Å². The minimum Gasteiger partial charge on any atom is -0.316 e. The Bertz CT molecular complexity index is 572. The lowest BCUT2D eigenvalue weighted by atomic mass is 10.4. The van der Waals surface area contributed by atoms with E-state index < -0.39 is 0 Å². The van der Waals surface area contributed by atoms with Crippen molar-refractivity contribution in [2.45, 2.75) is 13.8 Å². The van der Waals surface area contributed by atoms with Crippen molar-refractivity contribution in [2.24, 2.45) is 0 Å². The van der Waals surface area contributed by atoms with Gasteiger partial charge in [0.25, 0.3) is 11.1 Å². The van der Waals surface area contributed by atoms with Gasteiger partial charge in [-0.1, -0.05) is 24.3 Å². The van der Waals surface area contributed by atoms with Gasteiger partial charge in [-0.15, -0.1) is 0 Å². The number of aromatic nitrogens is 2. The molecule has 0 aliphatic carbocycles. The number of aromatic amines is 2. The summed E-state index contributed by atoms with van der Waals surface area (Å²) >= 11 is 0. The van der Waals surface area contributed by atoms with Crippen LogP contribution in [0.2, 0.25) is 0 Å². The van der Waals surface area contributed by atoms with E-state index in [1.807, 2.05) is 13.8 Å². The highest BCUT2D eigenvalue weighted by atomic mass is 16.1. The number of hydrogen-bond acceptors (Lipinski definition) is 2. The highest BCUT2D eigenvalue weighted by Crippen LogP contribution is 1.68. The molecule has 0 aliphatic rings. The van der Waals surface area contributed by atoms with Crippen molar-refractivity contribution < 1.29 is 0 Å². The van der Waals surface area contributed by atoms with Gasteiger partial charge in [-0.25, -0.2) is 0 Å². The van der Waals surface area contributed by atoms with Crippen LogP contribution in [0.4, 0.5) is 0 Å². The number of allylic oxidation sites excluding steroid dienone is 4. The van der Waals surface area contributed by atoms with Crippen LogP contribution in [0.1, 0.15) is 13.8 Å². The first kappa shape index (κ1) is 12.0. The lowest BCUT2D eigenvalue weighted by Crippen LogP contribution is -2.46. The highest BCUT2D eigenvalue weighted by Gasteiger charge is 1.92. The van der Waals surface area contributed by atoms with E-state index in [-0.39, 0.29) is 21.8 Å². The lowest BCUT2D eigenvalue weighted by molar-refractivity contribution is 1.00. The predicted molar refractivity (Wildman–Crippen MR) is 65.5 cm³/mol. The van der Waals surface area contributed by atoms with Crippen LogP contribution in [0.3, 0.4) is 0 Å². The summed E-state index contributed by atoms with van der Waals surface area (Å²) in [6.45, 7) is 3.66. The molecule has 0 saturated heterocycles. The van der Waals surface area contributed by atoms with E-state index >= 15 is 0 Å². The summed E-state index contributed by atoms with van der Waals surface area (Å²) in [6, 6.07) is 0. The van der Waals surface area contributed by atoms with E-state index in [1.165, 1.54) is 0 Å². The molecule has 0 fully saturated rings. The van der Waals surface area contributed by atoms with E-state index in [4.69, 9.17) is 0 Å². The molecular formula is C12H14N2O2. The Morgan fingerprint density at radius 2 is 1.19 bits per heavy atom. The molecular weight excluding hydrogens is 204 g/mol. The van der Waals surface area contributed by atoms with Crippen molar-refractivity contribution in [1.82, 2.24) is 9.97 Å². The quantitative estimate of drug-likeness (QED) is 0.720. The van der Waals surface area contributed by atoms with Crippen LogP contribution in [0, 0.1) is 0 Å². The van der Waals surface area contributed by atoms with Crippen LogP contribution in [-0.2, 0) is 0 Å². The zero-order chi connectivity index (χ0) is 12.0. The fraction of sp³-hybridized carbons (Fsp3) is 0.167. The molecule has 0 atom stereocenters. The zero-order valence-corrected chi connectivity index (χ0v) is 9.28. The number of nitrogens with one attached hydrogen (secondary N) is 2. The van der Waals surface area contributed by atoms with Crippen molar-refractivity contribution in [3.63, 3.8) is 0 Å². The Balaban J connectivity index is 3.52. The maximum absolute atomic E-state index is 11.5. The van der Waals surface area contributed by atoms with Gasteiger partial charge in [-0.05, 0) is 26.0 Å². The van der Waals surface area contributed by atoms with Crippen LogP contribution >= 0.6 is 0 Å². The van der Waals surface area contributed by atoms with Gasteiger partial charge < -0.3 is 9.97 Å². The van der Waals surface area contributed by atoms with Gasteiger partial charge in [0.15, 0.2) is 0 Å². The summed E-state index contributed by atoms with van der Waals surface area (Å²) in [4.78, 5) is 28.1. The molecule has 16 heavy (non-hydrogen) atoms. The molecule has 4 nitrogen and oxygen atoms in total. The van der Waals surface area contributed by atoms with E-state index in [9.17, 15) is 9.59 Å². The summed E-state index contributed by atoms with van der Waals surface area (Å²) in [6.07, 6.45) is 10.0. The Labute approximate surface area is 92.4 Å². The van der Waals surface area contributed by atoms with Crippen molar-refractivity contribution in [3.8, 4) is 0 Å². The van der Waals surface area contributed by atoms with Gasteiger partial charge >= 0.3 is 0 Å². The molecule has 84 valence electrons. The lowest BCUT2D eigenvalue weighted by Gasteiger charge is -1.87. The van der Waals surface area contributed by atoms with E-state index in [0.29, 0.717) is 0 Å². The zero-order valence-electron chi connectivity index (χ0n) is 9.28. The van der Waals surface area contributed by atoms with Gasteiger partial charge in [-0.2, -0.15) is 0 Å². The van der Waals surface area contributed by atoms with Crippen LogP contribution in [0.25, 0.3) is 12.2 Å². The second-order valence-corrected chi connectivity index (χ2v) is 3.12. The highest BCUT2D eigenvalue weighted by molar-refractivity contribution is 5.35. The van der Waals surface area contributed by atoms with Gasteiger partial charge in [-0.3, -0.25) is 9.59 Å². The second-order valence-electron chi connectivity index (χ2n) is 3.12. The first-order chi connectivity index (χ1) is 7.69. The Hall–Kier alpha value is -2.10. The predicted octanol–water partition coefficient (Wildman–Crippen LogP) is -0.224. The first-order valence-electron chi connectivity index (χ1n) is 4.97. The molecule has 2 N–H and O–H groups in total. The van der Waals surface area contributed by atoms with E-state index in [2.05, 4.69) is 9.97 Å². The monoisotopic (exact) mass is 218 g/mol. The molecule has 1 rings (SSSR count). The molecule has 0 spiro atoms. The van der Waals surface area contributed by atoms with Crippen molar-refractivity contribution in [3.05, 3.63) is 55.7 Å². The Kier molecular flexibility index (Phi) is 4.27. The molecule has 1 heterocycles. The molecule has 0 radical (unpaired) electrons. The van der Waals surface area contributed by atoms with Gasteiger partial charge in [0, 0.05) is 0 Å². The molecule has 0 bridgehead atoms. The maximum Gasteiger partial charge on any atom is 0.272 e. The average Bonchev–Trinajstić information content (AvgIpc) is 2.28. The summed E-state index contributed by atoms with van der Waals surface area (Å²) in [5, 5.41) is 0.501. The van der Waals surface area contributed by atoms with Crippen LogP contribution in [0.5, 0.6) is 0 Å². The maximum atomic E-state index is 11.5. The third-order valence-corrected chi connectivity index (χ3v) is 1.90. The second kappa shape index (κ2) is 5.70. The van der Waals surface area contributed by atoms with E-state index in [1.54, 1.807) is 36.5 Å². The molecule has 4 heteroatoms. The molecule has 0 amide bonds. The number of hydrogen-bond donors (Lipinski definition) is 2. The van der Waals surface area contributed by atoms with Crippen LogP contribution < -0.4 is 21.8 Å². The minimum absolute atomic E-state index is 0.251. The molecule has 1 aromatic rings. The standard InChI is InChI=1S/C12H14N2O2/c1-3-5-7-9-11(15)14-10(8-6-4-2)12(16)13-9/h3-8H,1-2H3,(H,13,16)(H,14,15)/b5-3+,6-4+,9-7-,10-8-. The van der Waals surface area contributed by atoms with Crippen LogP contribution in [-0.4, -0.2) is 9.97 Å². The van der Waals surface area contributed by atoms with Gasteiger partial charge in [0.1, 0.15) is 10.7 Å². The molecule has 0 aromatic carbocycles. The van der Waals surface area contributed by atoms with Gasteiger partial charge in [0.05, 0.1) is 0 Å². The van der Waals surface area contributed by atoms with Crippen molar-refractivity contribution >= 4 is 12.2 Å². The summed E-state index contributed by atoms with van der Waals surface area (Å²) in [5.74, 6) is 0. The smallest absolute Gasteiger partial charge is 0.272 e. The minimum atomic E-state index is -0.312. The summed E-state index contributed by atoms with van der Waals surface area (Å²) < 4.78 is 0. The molecule has 1 aromatic heterocycles. The normalized spacial score (nSPS) is 14.4. The SMILES string of the molecule is C/C=C/C=c1\[nH]c(=O)/c(=C/C=C/C)[nH]c1=O. The molecule has 0 aliphatic heterocycles. The van der Waals surface area contributed by atoms with Crippen molar-refractivity contribution in [2.75, 3.05) is 0 Å². The van der Waals surface area contributed by atoms with E-state index in [0.717, 1.165) is 0 Å². The number of H-pyrrole nitrogens is 2. The van der Waals surface area contributed by atoms with Crippen molar-refractivity contribution in [1.29, 1.82) is 0 Å². The number of rotatable bonds is 2. The molecule has 0 unspecified atom stereocenters. The summed E-state index contributed by atoms with van der Waals surface area (Å²) in [7, 11) is 0. The fourth-order valence-electron chi connectivity index (χ4n) is 1.11.